The van der Waals surface area contributed by atoms with Crippen LogP contribution in [0.5, 0.6) is 0 Å². The SMILES string of the molecule is CC1Cc2c([nH]c3cc(F)c(F)cc23)[C@@]2(N1)C(=O)Nc1ccc(Cl)cc12. The Bertz CT molecular complexity index is 1110. The Morgan fingerprint density at radius 3 is 2.77 bits per heavy atom. The number of carbonyl (C=O) groups excluding carboxylic acids is 1. The zero-order valence-electron chi connectivity index (χ0n) is 13.7. The van der Waals surface area contributed by atoms with Crippen molar-refractivity contribution >= 4 is 34.1 Å². The lowest BCUT2D eigenvalue weighted by molar-refractivity contribution is -0.121. The molecule has 132 valence electrons. The molecule has 1 unspecified atom stereocenters. The van der Waals surface area contributed by atoms with Gasteiger partial charge in [0.15, 0.2) is 17.2 Å². The van der Waals surface area contributed by atoms with Crippen LogP contribution in [0.15, 0.2) is 30.3 Å². The first-order chi connectivity index (χ1) is 12.4. The lowest BCUT2D eigenvalue weighted by Gasteiger charge is -2.37. The third kappa shape index (κ3) is 1.88. The lowest BCUT2D eigenvalue weighted by atomic mass is 9.80. The molecule has 0 radical (unpaired) electrons. The van der Waals surface area contributed by atoms with Crippen molar-refractivity contribution in [3.8, 4) is 0 Å². The molecule has 3 heterocycles. The van der Waals surface area contributed by atoms with Crippen LogP contribution in [0.2, 0.25) is 5.02 Å². The summed E-state index contributed by atoms with van der Waals surface area (Å²) < 4.78 is 27.5. The number of aromatic nitrogens is 1. The molecule has 0 saturated carbocycles. The molecule has 7 heteroatoms. The molecule has 0 fully saturated rings. The van der Waals surface area contributed by atoms with Crippen LogP contribution in [-0.4, -0.2) is 16.9 Å². The molecule has 1 spiro atoms. The molecule has 4 nitrogen and oxygen atoms in total. The molecule has 2 aromatic carbocycles. The highest BCUT2D eigenvalue weighted by atomic mass is 35.5. The number of carbonyl (C=O) groups is 1. The summed E-state index contributed by atoms with van der Waals surface area (Å²) in [5.41, 5.74) is 2.09. The monoisotopic (exact) mass is 373 g/mol. The Balaban J connectivity index is 1.87. The van der Waals surface area contributed by atoms with E-state index in [1.165, 1.54) is 6.07 Å². The molecular formula is C19H14ClF2N3O. The third-order valence-corrected chi connectivity index (χ3v) is 5.50. The van der Waals surface area contributed by atoms with E-state index in [1.807, 2.05) is 6.92 Å². The molecule has 3 aromatic rings. The quantitative estimate of drug-likeness (QED) is 0.561. The van der Waals surface area contributed by atoms with Gasteiger partial charge in [-0.1, -0.05) is 11.6 Å². The second-order valence-corrected chi connectivity index (χ2v) is 7.37. The second kappa shape index (κ2) is 5.05. The smallest absolute Gasteiger partial charge is 0.255 e. The highest BCUT2D eigenvalue weighted by molar-refractivity contribution is 6.31. The Kier molecular flexibility index (Phi) is 3.07. The van der Waals surface area contributed by atoms with Crippen LogP contribution in [0, 0.1) is 11.6 Å². The highest BCUT2D eigenvalue weighted by Gasteiger charge is 2.53. The normalized spacial score (nSPS) is 24.0. The molecule has 26 heavy (non-hydrogen) atoms. The molecule has 1 aromatic heterocycles. The van der Waals surface area contributed by atoms with Gasteiger partial charge in [0.2, 0.25) is 0 Å². The standard InChI is InChI=1S/C19H14ClF2N3O/c1-8-4-11-10-6-13(21)14(22)7-16(10)23-17(11)19(25-8)12-5-9(20)2-3-15(12)24-18(19)26/h2-3,5-8,23,25H,4H2,1H3,(H,24,26)/t8?,19-/m1/s1. The summed E-state index contributed by atoms with van der Waals surface area (Å²) >= 11 is 6.18. The number of fused-ring (bicyclic) bond motifs is 6. The van der Waals surface area contributed by atoms with Crippen LogP contribution in [-0.2, 0) is 16.8 Å². The van der Waals surface area contributed by atoms with Crippen LogP contribution in [0.25, 0.3) is 10.9 Å². The van der Waals surface area contributed by atoms with E-state index in [0.29, 0.717) is 39.3 Å². The molecule has 2 atom stereocenters. The van der Waals surface area contributed by atoms with Gasteiger partial charge in [-0.3, -0.25) is 10.1 Å². The minimum Gasteiger partial charge on any atom is -0.356 e. The van der Waals surface area contributed by atoms with E-state index >= 15 is 0 Å². The van der Waals surface area contributed by atoms with Crippen LogP contribution < -0.4 is 10.6 Å². The largest absolute Gasteiger partial charge is 0.356 e. The predicted octanol–water partition coefficient (Wildman–Crippen LogP) is 3.83. The van der Waals surface area contributed by atoms with Crippen LogP contribution in [0.1, 0.15) is 23.7 Å². The first kappa shape index (κ1) is 15.8. The minimum absolute atomic E-state index is 0.0507. The Morgan fingerprint density at radius 2 is 1.96 bits per heavy atom. The molecule has 2 aliphatic rings. The minimum atomic E-state index is -1.17. The maximum Gasteiger partial charge on any atom is 0.255 e. The van der Waals surface area contributed by atoms with Gasteiger partial charge in [0.05, 0.1) is 5.69 Å². The van der Waals surface area contributed by atoms with Gasteiger partial charge in [-0.05, 0) is 43.2 Å². The van der Waals surface area contributed by atoms with Crippen LogP contribution in [0.4, 0.5) is 14.5 Å². The Hall–Kier alpha value is -2.44. The predicted molar refractivity (Wildman–Crippen MR) is 95.4 cm³/mol. The average Bonchev–Trinajstić information content (AvgIpc) is 3.06. The van der Waals surface area contributed by atoms with Crippen LogP contribution in [0.3, 0.4) is 0 Å². The number of rotatable bonds is 0. The van der Waals surface area contributed by atoms with Gasteiger partial charge in [-0.2, -0.15) is 0 Å². The Labute approximate surface area is 152 Å². The van der Waals surface area contributed by atoms with Gasteiger partial charge in [-0.15, -0.1) is 0 Å². The van der Waals surface area contributed by atoms with E-state index in [9.17, 15) is 13.6 Å². The number of benzene rings is 2. The zero-order valence-corrected chi connectivity index (χ0v) is 14.5. The fourth-order valence-corrected chi connectivity index (χ4v) is 4.41. The summed E-state index contributed by atoms with van der Waals surface area (Å²) in [5, 5.41) is 7.37. The van der Waals surface area contributed by atoms with Gasteiger partial charge in [0, 0.05) is 39.3 Å². The summed E-state index contributed by atoms with van der Waals surface area (Å²) in [4.78, 5) is 16.2. The Morgan fingerprint density at radius 1 is 1.19 bits per heavy atom. The first-order valence-electron chi connectivity index (χ1n) is 8.29. The number of hydrogen-bond acceptors (Lipinski definition) is 2. The molecule has 1 amide bonds. The van der Waals surface area contributed by atoms with Crippen LogP contribution >= 0.6 is 11.6 Å². The van der Waals surface area contributed by atoms with Gasteiger partial charge in [-0.25, -0.2) is 8.78 Å². The number of halogens is 3. The van der Waals surface area contributed by atoms with Gasteiger partial charge in [0.25, 0.3) is 5.91 Å². The topological polar surface area (TPSA) is 56.9 Å². The molecule has 0 bridgehead atoms. The average molecular weight is 374 g/mol. The number of hydrogen-bond donors (Lipinski definition) is 3. The maximum absolute atomic E-state index is 13.8. The van der Waals surface area contributed by atoms with Crippen molar-refractivity contribution in [3.05, 3.63) is 63.8 Å². The number of H-pyrrole nitrogens is 1. The number of aromatic amines is 1. The number of amides is 1. The molecule has 3 N–H and O–H groups in total. The molecule has 5 rings (SSSR count). The van der Waals surface area contributed by atoms with Crippen molar-refractivity contribution < 1.29 is 13.6 Å². The van der Waals surface area contributed by atoms with Crippen molar-refractivity contribution in [2.75, 3.05) is 5.32 Å². The molecular weight excluding hydrogens is 360 g/mol. The van der Waals surface area contributed by atoms with E-state index < -0.39 is 17.2 Å². The van der Waals surface area contributed by atoms with Gasteiger partial charge >= 0.3 is 0 Å². The van der Waals surface area contributed by atoms with E-state index in [1.54, 1.807) is 18.2 Å². The summed E-state index contributed by atoms with van der Waals surface area (Å²) in [6.45, 7) is 1.96. The summed E-state index contributed by atoms with van der Waals surface area (Å²) in [5.74, 6) is -2.07. The number of anilines is 1. The van der Waals surface area contributed by atoms with E-state index in [0.717, 1.165) is 11.6 Å². The van der Waals surface area contributed by atoms with E-state index in [4.69, 9.17) is 11.6 Å². The highest BCUT2D eigenvalue weighted by Crippen LogP contribution is 2.47. The molecule has 0 saturated heterocycles. The van der Waals surface area contributed by atoms with E-state index in [2.05, 4.69) is 15.6 Å². The van der Waals surface area contributed by atoms with Gasteiger partial charge in [0.1, 0.15) is 0 Å². The fraction of sp³-hybridized carbons (Fsp3) is 0.211. The van der Waals surface area contributed by atoms with Crippen molar-refractivity contribution in [2.24, 2.45) is 0 Å². The molecule has 2 aliphatic heterocycles. The van der Waals surface area contributed by atoms with Crippen molar-refractivity contribution in [1.29, 1.82) is 0 Å². The van der Waals surface area contributed by atoms with Crippen molar-refractivity contribution in [2.45, 2.75) is 24.9 Å². The summed E-state index contributed by atoms with van der Waals surface area (Å²) in [6.07, 6.45) is 0.589. The summed E-state index contributed by atoms with van der Waals surface area (Å²) in [6, 6.07) is 7.49. The third-order valence-electron chi connectivity index (χ3n) is 5.27. The number of nitrogens with one attached hydrogen (secondary N) is 3. The maximum atomic E-state index is 13.8. The first-order valence-corrected chi connectivity index (χ1v) is 8.67. The fourth-order valence-electron chi connectivity index (χ4n) is 4.24. The molecule has 0 aliphatic carbocycles. The summed E-state index contributed by atoms with van der Waals surface area (Å²) in [7, 11) is 0. The zero-order chi connectivity index (χ0) is 18.2. The lowest BCUT2D eigenvalue weighted by Crippen LogP contribution is -2.56. The second-order valence-electron chi connectivity index (χ2n) is 6.93. The van der Waals surface area contributed by atoms with Gasteiger partial charge < -0.3 is 10.3 Å². The van der Waals surface area contributed by atoms with E-state index in [-0.39, 0.29) is 11.9 Å². The van der Waals surface area contributed by atoms with Crippen molar-refractivity contribution in [3.63, 3.8) is 0 Å². The van der Waals surface area contributed by atoms with Crippen molar-refractivity contribution in [1.82, 2.24) is 10.3 Å².